The van der Waals surface area contributed by atoms with E-state index < -0.39 is 0 Å². The average molecular weight is 377 g/mol. The molecule has 1 aromatic heterocycles. The Hall–Kier alpha value is -1.18. The zero-order chi connectivity index (χ0) is 14.4. The molecule has 0 radical (unpaired) electrons. The van der Waals surface area contributed by atoms with E-state index >= 15 is 0 Å². The number of hydrogen-bond donors (Lipinski definition) is 1. The van der Waals surface area contributed by atoms with E-state index in [-0.39, 0.29) is 12.5 Å². The monoisotopic (exact) mass is 375 g/mol. The molecule has 0 aliphatic rings. The van der Waals surface area contributed by atoms with Crippen molar-refractivity contribution < 1.29 is 9.53 Å². The van der Waals surface area contributed by atoms with E-state index in [4.69, 9.17) is 16.3 Å². The van der Waals surface area contributed by atoms with Gasteiger partial charge in [0.25, 0.3) is 5.91 Å². The molecule has 2 rings (SSSR count). The number of nitrogens with one attached hydrogen (secondary N) is 1. The van der Waals surface area contributed by atoms with Gasteiger partial charge in [-0.3, -0.25) is 10.1 Å². The number of hydrogen-bond acceptors (Lipinski definition) is 5. The van der Waals surface area contributed by atoms with Crippen molar-refractivity contribution in [1.29, 1.82) is 0 Å². The predicted octanol–water partition coefficient (Wildman–Crippen LogP) is 3.15. The molecular weight excluding hydrogens is 366 g/mol. The van der Waals surface area contributed by atoms with E-state index in [0.717, 1.165) is 16.8 Å². The van der Waals surface area contributed by atoms with Crippen LogP contribution in [0.5, 0.6) is 5.75 Å². The van der Waals surface area contributed by atoms with Crippen molar-refractivity contribution in [2.24, 2.45) is 0 Å². The summed E-state index contributed by atoms with van der Waals surface area (Å²) in [6.07, 6.45) is 0.787. The predicted molar refractivity (Wildman–Crippen MR) is 83.0 cm³/mol. The van der Waals surface area contributed by atoms with Crippen LogP contribution in [-0.2, 0) is 11.2 Å². The summed E-state index contributed by atoms with van der Waals surface area (Å²) in [6, 6.07) is 6.81. The van der Waals surface area contributed by atoms with Crippen molar-refractivity contribution >= 4 is 49.9 Å². The molecule has 0 bridgehead atoms. The lowest BCUT2D eigenvalue weighted by Gasteiger charge is -2.05. The van der Waals surface area contributed by atoms with Crippen molar-refractivity contribution in [1.82, 2.24) is 10.2 Å². The molecule has 1 amide bonds. The standard InChI is InChI=1S/C12H11BrClN3O2S/c13-6-5-11-16-17-12(20-11)15-10(18)7-19-9-3-1-8(14)2-4-9/h1-4H,5-7H2,(H,15,17,18). The third-order valence-electron chi connectivity index (χ3n) is 2.21. The summed E-state index contributed by atoms with van der Waals surface area (Å²) < 4.78 is 5.33. The maximum Gasteiger partial charge on any atom is 0.264 e. The minimum absolute atomic E-state index is 0.0883. The van der Waals surface area contributed by atoms with Crippen LogP contribution in [0.4, 0.5) is 5.13 Å². The number of nitrogens with zero attached hydrogens (tertiary/aromatic N) is 2. The van der Waals surface area contributed by atoms with Gasteiger partial charge in [-0.05, 0) is 24.3 Å². The zero-order valence-electron chi connectivity index (χ0n) is 10.3. The Morgan fingerprint density at radius 2 is 2.10 bits per heavy atom. The zero-order valence-corrected chi connectivity index (χ0v) is 13.5. The molecule has 1 aromatic carbocycles. The fraction of sp³-hybridized carbons (Fsp3) is 0.250. The molecule has 1 heterocycles. The van der Waals surface area contributed by atoms with E-state index in [2.05, 4.69) is 31.4 Å². The first-order chi connectivity index (χ1) is 9.67. The smallest absolute Gasteiger partial charge is 0.264 e. The molecule has 0 fully saturated rings. The van der Waals surface area contributed by atoms with Gasteiger partial charge in [-0.15, -0.1) is 10.2 Å². The van der Waals surface area contributed by atoms with Crippen LogP contribution < -0.4 is 10.1 Å². The lowest BCUT2D eigenvalue weighted by molar-refractivity contribution is -0.118. The third-order valence-corrected chi connectivity index (χ3v) is 3.75. The quantitative estimate of drug-likeness (QED) is 0.787. The number of rotatable bonds is 6. The Morgan fingerprint density at radius 3 is 2.80 bits per heavy atom. The van der Waals surface area contributed by atoms with Crippen molar-refractivity contribution in [2.75, 3.05) is 17.3 Å². The minimum atomic E-state index is -0.276. The molecule has 1 N–H and O–H groups in total. The first kappa shape index (κ1) is 15.2. The number of aryl methyl sites for hydroxylation is 1. The maximum absolute atomic E-state index is 11.7. The van der Waals surface area contributed by atoms with Crippen LogP contribution in [0.25, 0.3) is 0 Å². The molecule has 0 aliphatic heterocycles. The van der Waals surface area contributed by atoms with Crippen LogP contribution in [0.2, 0.25) is 5.02 Å². The van der Waals surface area contributed by atoms with Gasteiger partial charge in [0.05, 0.1) is 0 Å². The van der Waals surface area contributed by atoms with Crippen LogP contribution in [0.3, 0.4) is 0 Å². The van der Waals surface area contributed by atoms with E-state index in [1.807, 2.05) is 0 Å². The lowest BCUT2D eigenvalue weighted by Crippen LogP contribution is -2.20. The second-order valence-corrected chi connectivity index (χ2v) is 6.02. The van der Waals surface area contributed by atoms with E-state index in [0.29, 0.717) is 15.9 Å². The van der Waals surface area contributed by atoms with Gasteiger partial charge in [0, 0.05) is 16.8 Å². The SMILES string of the molecule is O=C(COc1ccc(Cl)cc1)Nc1nnc(CCBr)s1. The number of carbonyl (C=O) groups is 1. The van der Waals surface area contributed by atoms with Crippen LogP contribution >= 0.6 is 38.9 Å². The molecule has 0 unspecified atom stereocenters. The molecule has 0 atom stereocenters. The summed E-state index contributed by atoms with van der Waals surface area (Å²) in [5, 5.41) is 13.3. The Bertz CT molecular complexity index is 576. The molecule has 20 heavy (non-hydrogen) atoms. The minimum Gasteiger partial charge on any atom is -0.484 e. The Kier molecular flexibility index (Phi) is 5.75. The Labute approximate surface area is 133 Å². The molecule has 5 nitrogen and oxygen atoms in total. The summed E-state index contributed by atoms with van der Waals surface area (Å²) in [4.78, 5) is 11.7. The number of alkyl halides is 1. The fourth-order valence-corrected chi connectivity index (χ4v) is 2.84. The number of halogens is 2. The van der Waals surface area contributed by atoms with Gasteiger partial charge in [0.2, 0.25) is 5.13 Å². The number of ether oxygens (including phenoxy) is 1. The van der Waals surface area contributed by atoms with E-state index in [9.17, 15) is 4.79 Å². The van der Waals surface area contributed by atoms with Crippen molar-refractivity contribution in [3.05, 3.63) is 34.3 Å². The van der Waals surface area contributed by atoms with Crippen LogP contribution in [0.1, 0.15) is 5.01 Å². The first-order valence-corrected chi connectivity index (χ1v) is 8.05. The highest BCUT2D eigenvalue weighted by atomic mass is 79.9. The lowest BCUT2D eigenvalue weighted by atomic mass is 10.3. The molecule has 0 spiro atoms. The highest BCUT2D eigenvalue weighted by Gasteiger charge is 2.08. The highest BCUT2D eigenvalue weighted by molar-refractivity contribution is 9.09. The highest BCUT2D eigenvalue weighted by Crippen LogP contribution is 2.17. The molecule has 8 heteroatoms. The van der Waals surface area contributed by atoms with Gasteiger partial charge in [-0.25, -0.2) is 0 Å². The Balaban J connectivity index is 1.81. The normalized spacial score (nSPS) is 10.3. The van der Waals surface area contributed by atoms with E-state index in [1.54, 1.807) is 24.3 Å². The number of anilines is 1. The summed E-state index contributed by atoms with van der Waals surface area (Å²) in [6.45, 7) is -0.0883. The van der Waals surface area contributed by atoms with Gasteiger partial charge < -0.3 is 4.74 Å². The summed E-state index contributed by atoms with van der Waals surface area (Å²) in [7, 11) is 0. The molecule has 2 aromatic rings. The topological polar surface area (TPSA) is 64.1 Å². The number of aromatic nitrogens is 2. The van der Waals surface area contributed by atoms with Crippen molar-refractivity contribution in [2.45, 2.75) is 6.42 Å². The summed E-state index contributed by atoms with van der Waals surface area (Å²) in [5.41, 5.74) is 0. The van der Waals surface area contributed by atoms with E-state index in [1.165, 1.54) is 11.3 Å². The largest absolute Gasteiger partial charge is 0.484 e. The van der Waals surface area contributed by atoms with Crippen molar-refractivity contribution in [3.63, 3.8) is 0 Å². The number of amides is 1. The van der Waals surface area contributed by atoms with Gasteiger partial charge in [0.15, 0.2) is 6.61 Å². The van der Waals surface area contributed by atoms with Gasteiger partial charge in [-0.1, -0.05) is 38.9 Å². The fourth-order valence-electron chi connectivity index (χ4n) is 1.32. The molecule has 0 aliphatic carbocycles. The molecule has 106 valence electrons. The molecule has 0 saturated carbocycles. The van der Waals surface area contributed by atoms with Gasteiger partial charge in [0.1, 0.15) is 10.8 Å². The average Bonchev–Trinajstić information content (AvgIpc) is 2.86. The van der Waals surface area contributed by atoms with Crippen LogP contribution in [0, 0.1) is 0 Å². The summed E-state index contributed by atoms with van der Waals surface area (Å²) in [5.74, 6) is 0.309. The maximum atomic E-state index is 11.7. The third kappa shape index (κ3) is 4.73. The van der Waals surface area contributed by atoms with Crippen molar-refractivity contribution in [3.8, 4) is 5.75 Å². The Morgan fingerprint density at radius 1 is 1.35 bits per heavy atom. The van der Waals surface area contributed by atoms with Crippen LogP contribution in [0.15, 0.2) is 24.3 Å². The molecule has 0 saturated heterocycles. The van der Waals surface area contributed by atoms with Gasteiger partial charge >= 0.3 is 0 Å². The number of carbonyl (C=O) groups excluding carboxylic acids is 1. The second kappa shape index (κ2) is 7.56. The number of benzene rings is 1. The van der Waals surface area contributed by atoms with Crippen LogP contribution in [-0.4, -0.2) is 28.0 Å². The second-order valence-electron chi connectivity index (χ2n) is 3.73. The first-order valence-electron chi connectivity index (χ1n) is 5.74. The summed E-state index contributed by atoms with van der Waals surface area (Å²) >= 11 is 10.4. The molecular formula is C12H11BrClN3O2S. The van der Waals surface area contributed by atoms with Gasteiger partial charge in [-0.2, -0.15) is 0 Å².